The van der Waals surface area contributed by atoms with Crippen LogP contribution in [0.25, 0.3) is 0 Å². The second-order valence-corrected chi connectivity index (χ2v) is 6.16. The molecule has 2 atom stereocenters. The summed E-state index contributed by atoms with van der Waals surface area (Å²) in [7, 11) is 0. The van der Waals surface area contributed by atoms with Crippen molar-refractivity contribution in [3.63, 3.8) is 0 Å². The summed E-state index contributed by atoms with van der Waals surface area (Å²) in [5, 5.41) is 0. The fourth-order valence-electron chi connectivity index (χ4n) is 3.01. The van der Waals surface area contributed by atoms with Gasteiger partial charge in [0.1, 0.15) is 0 Å². The van der Waals surface area contributed by atoms with Crippen LogP contribution in [0.15, 0.2) is 0 Å². The monoisotopic (exact) mass is 279 g/mol. The first-order valence-electron chi connectivity index (χ1n) is 5.11. The molecule has 1 nitrogen and oxygen atoms in total. The number of piperidine rings is 1. The lowest BCUT2D eigenvalue weighted by atomic mass is 9.79. The Kier molecular flexibility index (Phi) is 2.66. The van der Waals surface area contributed by atoms with Crippen molar-refractivity contribution in [2.75, 3.05) is 13.1 Å². The van der Waals surface area contributed by atoms with Gasteiger partial charge in [-0.25, -0.2) is 3.11 Å². The molecule has 1 heterocycles. The molecule has 0 aromatic rings. The Bertz CT molecular complexity index is 167. The lowest BCUT2D eigenvalue weighted by Gasteiger charge is -2.37. The topological polar surface area (TPSA) is 3.24 Å². The zero-order valence-corrected chi connectivity index (χ0v) is 10.0. The van der Waals surface area contributed by atoms with E-state index in [1.54, 1.807) is 0 Å². The van der Waals surface area contributed by atoms with Gasteiger partial charge < -0.3 is 0 Å². The summed E-state index contributed by atoms with van der Waals surface area (Å²) in [5.74, 6) is 0.993. The highest BCUT2D eigenvalue weighted by Gasteiger charge is 2.39. The summed E-state index contributed by atoms with van der Waals surface area (Å²) in [5.41, 5.74) is 0.735. The predicted octanol–water partition coefficient (Wildman–Crippen LogP) is 3.24. The maximum absolute atomic E-state index is 2.50. The lowest BCUT2D eigenvalue weighted by Crippen LogP contribution is -2.36. The van der Waals surface area contributed by atoms with Crippen LogP contribution in [-0.4, -0.2) is 16.2 Å². The second-order valence-electron chi connectivity index (χ2n) is 4.80. The average molecular weight is 279 g/mol. The highest BCUT2D eigenvalue weighted by molar-refractivity contribution is 14.1. The van der Waals surface area contributed by atoms with Crippen LogP contribution in [0, 0.1) is 11.3 Å². The summed E-state index contributed by atoms with van der Waals surface area (Å²) in [4.78, 5) is 0. The van der Waals surface area contributed by atoms with Gasteiger partial charge in [0.25, 0.3) is 0 Å². The summed E-state index contributed by atoms with van der Waals surface area (Å²) in [6.45, 7) is 5.09. The summed E-state index contributed by atoms with van der Waals surface area (Å²) in [6.07, 6.45) is 7.39. The Morgan fingerprint density at radius 2 is 2.25 bits per heavy atom. The van der Waals surface area contributed by atoms with Crippen LogP contribution in [0.4, 0.5) is 0 Å². The first-order valence-corrected chi connectivity index (χ1v) is 6.07. The molecule has 1 aliphatic carbocycles. The Morgan fingerprint density at radius 1 is 1.42 bits per heavy atom. The van der Waals surface area contributed by atoms with E-state index < -0.39 is 0 Å². The average Bonchev–Trinajstić information content (AvgIpc) is 2.32. The Balaban J connectivity index is 2.00. The quantitative estimate of drug-likeness (QED) is 0.486. The summed E-state index contributed by atoms with van der Waals surface area (Å²) in [6, 6.07) is 0. The molecule has 70 valence electrons. The number of nitrogens with zero attached hydrogens (tertiary/aromatic N) is 1. The Hall–Kier alpha value is 0.690. The van der Waals surface area contributed by atoms with E-state index >= 15 is 0 Å². The molecule has 0 unspecified atom stereocenters. The molecular formula is C10H18IN. The van der Waals surface area contributed by atoms with Gasteiger partial charge >= 0.3 is 0 Å². The third-order valence-corrected chi connectivity index (χ3v) is 4.39. The van der Waals surface area contributed by atoms with Gasteiger partial charge in [0.2, 0.25) is 0 Å². The number of rotatable bonds is 0. The van der Waals surface area contributed by atoms with Crippen molar-refractivity contribution in [2.24, 2.45) is 11.3 Å². The van der Waals surface area contributed by atoms with Crippen LogP contribution in [0.1, 0.15) is 39.0 Å². The minimum absolute atomic E-state index is 0.735. The number of halogens is 1. The molecular weight excluding hydrogens is 261 g/mol. The molecule has 0 aromatic carbocycles. The number of hydrogen-bond donors (Lipinski definition) is 0. The van der Waals surface area contributed by atoms with Gasteiger partial charge in [0.05, 0.1) is 0 Å². The lowest BCUT2D eigenvalue weighted by molar-refractivity contribution is 0.167. The van der Waals surface area contributed by atoms with Gasteiger partial charge in [0, 0.05) is 36.0 Å². The predicted molar refractivity (Wildman–Crippen MR) is 60.3 cm³/mol. The van der Waals surface area contributed by atoms with E-state index in [1.165, 1.54) is 45.2 Å². The molecule has 2 aliphatic rings. The molecule has 0 radical (unpaired) electrons. The second kappa shape index (κ2) is 3.45. The molecule has 12 heavy (non-hydrogen) atoms. The number of hydrogen-bond acceptors (Lipinski definition) is 1. The molecule has 1 aliphatic heterocycles. The van der Waals surface area contributed by atoms with Crippen LogP contribution >= 0.6 is 22.9 Å². The molecule has 0 amide bonds. The third-order valence-electron chi connectivity index (χ3n) is 3.56. The van der Waals surface area contributed by atoms with Gasteiger partial charge in [-0.2, -0.15) is 0 Å². The highest BCUT2D eigenvalue weighted by Crippen LogP contribution is 2.47. The summed E-state index contributed by atoms with van der Waals surface area (Å²) >= 11 is 2.50. The van der Waals surface area contributed by atoms with E-state index in [9.17, 15) is 0 Å². The molecule has 1 saturated carbocycles. The van der Waals surface area contributed by atoms with Crippen LogP contribution < -0.4 is 0 Å². The van der Waals surface area contributed by atoms with Crippen molar-refractivity contribution in [2.45, 2.75) is 39.0 Å². The van der Waals surface area contributed by atoms with Crippen molar-refractivity contribution in [1.29, 1.82) is 0 Å². The first kappa shape index (κ1) is 9.25. The van der Waals surface area contributed by atoms with Crippen molar-refractivity contribution in [1.82, 2.24) is 3.11 Å². The van der Waals surface area contributed by atoms with E-state index in [1.807, 2.05) is 0 Å². The fourth-order valence-corrected chi connectivity index (χ4v) is 4.08. The van der Waals surface area contributed by atoms with Crippen molar-refractivity contribution in [3.8, 4) is 0 Å². The zero-order valence-electron chi connectivity index (χ0n) is 7.85. The van der Waals surface area contributed by atoms with Crippen molar-refractivity contribution < 1.29 is 0 Å². The Morgan fingerprint density at radius 3 is 2.83 bits per heavy atom. The maximum Gasteiger partial charge on any atom is 0.0201 e. The van der Waals surface area contributed by atoms with E-state index in [-0.39, 0.29) is 0 Å². The van der Waals surface area contributed by atoms with Gasteiger partial charge in [-0.05, 0) is 37.0 Å². The Labute approximate surface area is 89.4 Å². The van der Waals surface area contributed by atoms with Gasteiger partial charge in [-0.15, -0.1) is 0 Å². The molecule has 0 aromatic heterocycles. The zero-order chi connectivity index (χ0) is 8.60. The van der Waals surface area contributed by atoms with E-state index in [0.717, 1.165) is 11.3 Å². The smallest absolute Gasteiger partial charge is 0.0201 e. The third kappa shape index (κ3) is 1.79. The van der Waals surface area contributed by atoms with E-state index in [4.69, 9.17) is 0 Å². The molecule has 1 saturated heterocycles. The highest BCUT2D eigenvalue weighted by atomic mass is 127. The first-order chi connectivity index (χ1) is 5.70. The normalized spacial score (nSPS) is 44.0. The minimum atomic E-state index is 0.735. The van der Waals surface area contributed by atoms with Gasteiger partial charge in [0.15, 0.2) is 0 Å². The SMILES string of the molecule is C[C@H]1CC[C@@]2(CCCN(I)C2)C1. The summed E-state index contributed by atoms with van der Waals surface area (Å²) < 4.78 is 2.50. The fraction of sp³-hybridized carbons (Fsp3) is 1.00. The van der Waals surface area contributed by atoms with Gasteiger partial charge in [-0.3, -0.25) is 0 Å². The van der Waals surface area contributed by atoms with Crippen molar-refractivity contribution in [3.05, 3.63) is 0 Å². The molecule has 2 fully saturated rings. The van der Waals surface area contributed by atoms with Crippen LogP contribution in [0.5, 0.6) is 0 Å². The van der Waals surface area contributed by atoms with E-state index in [0.29, 0.717) is 0 Å². The standard InChI is InChI=1S/C10H18IN/c1-9-3-5-10(7-9)4-2-6-12(11)8-10/h9H,2-8H2,1H3/t9-,10-/m0/s1. The van der Waals surface area contributed by atoms with Crippen LogP contribution in [0.2, 0.25) is 0 Å². The van der Waals surface area contributed by atoms with Crippen LogP contribution in [0.3, 0.4) is 0 Å². The van der Waals surface area contributed by atoms with Crippen molar-refractivity contribution >= 4 is 22.9 Å². The van der Waals surface area contributed by atoms with E-state index in [2.05, 4.69) is 32.9 Å². The largest absolute Gasteiger partial charge is 0.247 e. The minimum Gasteiger partial charge on any atom is -0.247 e. The molecule has 2 rings (SSSR count). The maximum atomic E-state index is 2.50. The molecule has 0 N–H and O–H groups in total. The van der Waals surface area contributed by atoms with Gasteiger partial charge in [-0.1, -0.05) is 13.3 Å². The molecule has 0 bridgehead atoms. The molecule has 1 spiro atoms. The molecule has 2 heteroatoms. The van der Waals surface area contributed by atoms with Crippen LogP contribution in [-0.2, 0) is 0 Å².